The van der Waals surface area contributed by atoms with Gasteiger partial charge in [0.1, 0.15) is 16.4 Å². The van der Waals surface area contributed by atoms with E-state index in [9.17, 15) is 8.42 Å². The number of hydrogen-bond donors (Lipinski definition) is 1. The minimum Gasteiger partial charge on any atom is -0.497 e. The number of rotatable bonds is 4. The van der Waals surface area contributed by atoms with Gasteiger partial charge in [0.25, 0.3) is 10.0 Å². The van der Waals surface area contributed by atoms with Crippen LogP contribution in [0.4, 0.5) is 0 Å². The largest absolute Gasteiger partial charge is 0.497 e. The zero-order valence-electron chi connectivity index (χ0n) is 13.1. The molecule has 1 heterocycles. The quantitative estimate of drug-likeness (QED) is 0.674. The van der Waals surface area contributed by atoms with E-state index in [-0.39, 0.29) is 10.7 Å². The van der Waals surface area contributed by atoms with Crippen molar-refractivity contribution in [3.05, 3.63) is 53.6 Å². The third-order valence-corrected chi connectivity index (χ3v) is 4.78. The Hall–Kier alpha value is -2.87. The molecule has 24 heavy (non-hydrogen) atoms. The maximum atomic E-state index is 12.0. The van der Waals surface area contributed by atoms with Crippen molar-refractivity contribution < 1.29 is 17.9 Å². The van der Waals surface area contributed by atoms with Gasteiger partial charge in [-0.15, -0.1) is 4.40 Å². The van der Waals surface area contributed by atoms with Crippen LogP contribution >= 0.6 is 0 Å². The molecule has 0 bridgehead atoms. The molecule has 2 aromatic carbocycles. The van der Waals surface area contributed by atoms with Crippen LogP contribution in [0.5, 0.6) is 11.5 Å². The zero-order chi connectivity index (χ0) is 17.2. The summed E-state index contributed by atoms with van der Waals surface area (Å²) in [5.74, 6) is 1.45. The highest BCUT2D eigenvalue weighted by Crippen LogP contribution is 2.25. The van der Waals surface area contributed by atoms with Crippen LogP contribution in [0.3, 0.4) is 0 Å². The van der Waals surface area contributed by atoms with E-state index in [0.717, 1.165) is 0 Å². The fraction of sp³-hybridized carbons (Fsp3) is 0.125. The predicted octanol–water partition coefficient (Wildman–Crippen LogP) is 1.78. The number of methoxy groups -OCH3 is 2. The minimum atomic E-state index is -3.67. The highest BCUT2D eigenvalue weighted by atomic mass is 32.2. The molecule has 3 rings (SSSR count). The summed E-state index contributed by atoms with van der Waals surface area (Å²) in [7, 11) is -0.549. The maximum absolute atomic E-state index is 12.0. The molecule has 1 aliphatic rings. The zero-order valence-corrected chi connectivity index (χ0v) is 13.9. The lowest BCUT2D eigenvalue weighted by Crippen LogP contribution is -2.17. The number of sulfonamides is 1. The summed E-state index contributed by atoms with van der Waals surface area (Å²) in [4.78, 5) is 0.168. The van der Waals surface area contributed by atoms with Crippen LogP contribution in [-0.2, 0) is 10.0 Å². The third-order valence-electron chi connectivity index (χ3n) is 3.44. The smallest absolute Gasteiger partial charge is 0.285 e. The van der Waals surface area contributed by atoms with E-state index >= 15 is 0 Å². The lowest BCUT2D eigenvalue weighted by Gasteiger charge is -2.07. The predicted molar refractivity (Wildman–Crippen MR) is 90.4 cm³/mol. The Morgan fingerprint density at radius 2 is 1.92 bits per heavy atom. The van der Waals surface area contributed by atoms with Crippen molar-refractivity contribution in [1.82, 2.24) is 5.43 Å². The minimum absolute atomic E-state index is 0.168. The average Bonchev–Trinajstić information content (AvgIpc) is 2.86. The molecule has 0 fully saturated rings. The van der Waals surface area contributed by atoms with E-state index in [0.29, 0.717) is 22.6 Å². The maximum Gasteiger partial charge on any atom is 0.285 e. The molecular formula is C16H15N3O4S. The standard InChI is InChI=1S/C16H15N3O4S/c1-22-12-7-8-14(23-2)11(9-12)10-17-18-16-13-5-3-4-6-15(13)24(20,21)19-16/h3-10H,1-2H3,(H,18,19)/b17-10+. The van der Waals surface area contributed by atoms with Crippen LogP contribution in [0, 0.1) is 0 Å². The molecule has 0 aliphatic carbocycles. The Balaban J connectivity index is 1.86. The van der Waals surface area contributed by atoms with Gasteiger partial charge in [0.15, 0.2) is 5.84 Å². The van der Waals surface area contributed by atoms with Crippen LogP contribution in [0.2, 0.25) is 0 Å². The summed E-state index contributed by atoms with van der Waals surface area (Å²) < 4.78 is 38.1. The van der Waals surface area contributed by atoms with Gasteiger partial charge in [-0.05, 0) is 30.3 Å². The lowest BCUT2D eigenvalue weighted by molar-refractivity contribution is 0.402. The van der Waals surface area contributed by atoms with Gasteiger partial charge in [0, 0.05) is 11.1 Å². The molecule has 0 amide bonds. The van der Waals surface area contributed by atoms with Gasteiger partial charge in [-0.1, -0.05) is 12.1 Å². The second-order valence-corrected chi connectivity index (χ2v) is 6.46. The topological polar surface area (TPSA) is 89.3 Å². The fourth-order valence-electron chi connectivity index (χ4n) is 2.29. The molecule has 0 saturated heterocycles. The highest BCUT2D eigenvalue weighted by molar-refractivity contribution is 7.90. The molecule has 8 heteroatoms. The Morgan fingerprint density at radius 1 is 1.12 bits per heavy atom. The summed E-state index contributed by atoms with van der Waals surface area (Å²) in [6, 6.07) is 11.9. The van der Waals surface area contributed by atoms with Gasteiger partial charge < -0.3 is 9.47 Å². The van der Waals surface area contributed by atoms with E-state index in [2.05, 4.69) is 14.9 Å². The van der Waals surface area contributed by atoms with Crippen molar-refractivity contribution in [1.29, 1.82) is 0 Å². The first-order valence-corrected chi connectivity index (χ1v) is 8.44. The Morgan fingerprint density at radius 3 is 2.67 bits per heavy atom. The first kappa shape index (κ1) is 16.0. The van der Waals surface area contributed by atoms with Crippen LogP contribution in [-0.4, -0.2) is 34.7 Å². The molecule has 2 aromatic rings. The number of benzene rings is 2. The Kier molecular flexibility index (Phi) is 4.22. The van der Waals surface area contributed by atoms with Gasteiger partial charge >= 0.3 is 0 Å². The van der Waals surface area contributed by atoms with Crippen molar-refractivity contribution in [3.8, 4) is 11.5 Å². The molecule has 1 aliphatic heterocycles. The first-order valence-electron chi connectivity index (χ1n) is 7.00. The molecule has 0 radical (unpaired) electrons. The van der Waals surface area contributed by atoms with Crippen LogP contribution in [0.1, 0.15) is 11.1 Å². The number of amidine groups is 1. The molecule has 1 N–H and O–H groups in total. The second kappa shape index (κ2) is 6.32. The second-order valence-electron chi connectivity index (χ2n) is 4.89. The molecule has 0 aromatic heterocycles. The van der Waals surface area contributed by atoms with Gasteiger partial charge in [-0.25, -0.2) is 0 Å². The summed E-state index contributed by atoms with van der Waals surface area (Å²) in [5.41, 5.74) is 3.85. The van der Waals surface area contributed by atoms with Crippen LogP contribution in [0.15, 0.2) is 56.9 Å². The van der Waals surface area contributed by atoms with Crippen molar-refractivity contribution in [2.24, 2.45) is 9.50 Å². The first-order chi connectivity index (χ1) is 11.5. The molecule has 0 unspecified atom stereocenters. The van der Waals surface area contributed by atoms with Crippen LogP contribution < -0.4 is 14.9 Å². The number of nitrogens with zero attached hydrogens (tertiary/aromatic N) is 2. The molecule has 7 nitrogen and oxygen atoms in total. The number of ether oxygens (including phenoxy) is 2. The Labute approximate surface area is 139 Å². The van der Waals surface area contributed by atoms with E-state index in [1.54, 1.807) is 50.6 Å². The molecular weight excluding hydrogens is 330 g/mol. The third kappa shape index (κ3) is 2.95. The van der Waals surface area contributed by atoms with E-state index in [1.165, 1.54) is 12.3 Å². The van der Waals surface area contributed by atoms with Crippen LogP contribution in [0.25, 0.3) is 0 Å². The van der Waals surface area contributed by atoms with E-state index < -0.39 is 10.0 Å². The molecule has 0 atom stereocenters. The number of hydrogen-bond acceptors (Lipinski definition) is 6. The SMILES string of the molecule is COc1ccc(OC)c(/C=N/NC2=NS(=O)(=O)c3ccccc32)c1. The molecule has 0 spiro atoms. The Bertz CT molecular complexity index is 936. The normalized spacial score (nSPS) is 15.0. The summed E-state index contributed by atoms with van der Waals surface area (Å²) in [6.07, 6.45) is 1.51. The van der Waals surface area contributed by atoms with Gasteiger partial charge in [-0.2, -0.15) is 13.5 Å². The summed E-state index contributed by atoms with van der Waals surface area (Å²) in [5, 5.41) is 4.07. The number of hydrazone groups is 1. The summed E-state index contributed by atoms with van der Waals surface area (Å²) >= 11 is 0. The van der Waals surface area contributed by atoms with Gasteiger partial charge in [-0.3, -0.25) is 5.43 Å². The van der Waals surface area contributed by atoms with Crippen molar-refractivity contribution in [2.75, 3.05) is 14.2 Å². The summed E-state index contributed by atoms with van der Waals surface area (Å²) in [6.45, 7) is 0. The van der Waals surface area contributed by atoms with E-state index in [4.69, 9.17) is 9.47 Å². The van der Waals surface area contributed by atoms with Crippen molar-refractivity contribution >= 4 is 22.1 Å². The van der Waals surface area contributed by atoms with Crippen molar-refractivity contribution in [3.63, 3.8) is 0 Å². The molecule has 0 saturated carbocycles. The monoisotopic (exact) mass is 345 g/mol. The lowest BCUT2D eigenvalue weighted by atomic mass is 10.2. The number of nitrogens with one attached hydrogen (secondary N) is 1. The average molecular weight is 345 g/mol. The van der Waals surface area contributed by atoms with E-state index in [1.807, 2.05) is 0 Å². The highest BCUT2D eigenvalue weighted by Gasteiger charge is 2.28. The molecule has 124 valence electrons. The number of fused-ring (bicyclic) bond motifs is 1. The van der Waals surface area contributed by atoms with Gasteiger partial charge in [0.2, 0.25) is 0 Å². The van der Waals surface area contributed by atoms with Crippen molar-refractivity contribution in [2.45, 2.75) is 4.90 Å². The fourth-order valence-corrected chi connectivity index (χ4v) is 3.46. The van der Waals surface area contributed by atoms with Gasteiger partial charge in [0.05, 0.1) is 20.4 Å².